The van der Waals surface area contributed by atoms with Gasteiger partial charge in [-0.05, 0) is 56.5 Å². The van der Waals surface area contributed by atoms with Crippen molar-refractivity contribution in [1.29, 1.82) is 0 Å². The molecule has 2 aromatic rings. The van der Waals surface area contributed by atoms with Crippen LogP contribution in [0.4, 0.5) is 11.4 Å². The van der Waals surface area contributed by atoms with Gasteiger partial charge in [-0.3, -0.25) is 0 Å². The van der Waals surface area contributed by atoms with Crippen molar-refractivity contribution < 1.29 is 4.74 Å². The average Bonchev–Trinajstić information content (AvgIpc) is 2.50. The van der Waals surface area contributed by atoms with E-state index >= 15 is 0 Å². The van der Waals surface area contributed by atoms with Crippen LogP contribution >= 0.6 is 0 Å². The summed E-state index contributed by atoms with van der Waals surface area (Å²) in [6.07, 6.45) is 1.19. The molecule has 0 bridgehead atoms. The predicted molar refractivity (Wildman–Crippen MR) is 99.0 cm³/mol. The molecule has 1 atom stereocenters. The van der Waals surface area contributed by atoms with E-state index in [-0.39, 0.29) is 12.2 Å². The number of nitrogen functional groups attached to an aromatic ring is 1. The highest BCUT2D eigenvalue weighted by molar-refractivity contribution is 5.68. The van der Waals surface area contributed by atoms with Crippen LogP contribution in [0.3, 0.4) is 0 Å². The van der Waals surface area contributed by atoms with Crippen LogP contribution in [0.1, 0.15) is 30.5 Å². The molecule has 124 valence electrons. The minimum atomic E-state index is 0.110. The van der Waals surface area contributed by atoms with Crippen molar-refractivity contribution in [2.75, 3.05) is 17.6 Å². The van der Waals surface area contributed by atoms with E-state index in [1.54, 1.807) is 0 Å². The largest absolute Gasteiger partial charge is 0.397 e. The Morgan fingerprint density at radius 3 is 2.35 bits per heavy atom. The Balaban J connectivity index is 2.05. The summed E-state index contributed by atoms with van der Waals surface area (Å²) in [5, 5.41) is 3.46. The minimum absolute atomic E-state index is 0.110. The third-order valence-electron chi connectivity index (χ3n) is 3.96. The van der Waals surface area contributed by atoms with Gasteiger partial charge in [0, 0.05) is 13.0 Å². The smallest absolute Gasteiger partial charge is 0.0791 e. The fourth-order valence-electron chi connectivity index (χ4n) is 2.65. The van der Waals surface area contributed by atoms with Crippen LogP contribution in [0.5, 0.6) is 0 Å². The van der Waals surface area contributed by atoms with E-state index < -0.39 is 0 Å². The minimum Gasteiger partial charge on any atom is -0.397 e. The number of anilines is 2. The number of benzene rings is 2. The molecule has 2 rings (SSSR count). The summed E-state index contributed by atoms with van der Waals surface area (Å²) in [6, 6.07) is 14.6. The maximum absolute atomic E-state index is 6.13. The zero-order valence-corrected chi connectivity index (χ0v) is 14.6. The number of nitrogens with two attached hydrogens (primary N) is 1. The quantitative estimate of drug-likeness (QED) is 0.748. The van der Waals surface area contributed by atoms with E-state index in [2.05, 4.69) is 63.3 Å². The fourth-order valence-corrected chi connectivity index (χ4v) is 2.65. The lowest BCUT2D eigenvalue weighted by atomic mass is 10.1. The van der Waals surface area contributed by atoms with Gasteiger partial charge < -0.3 is 15.8 Å². The summed E-state index contributed by atoms with van der Waals surface area (Å²) in [5.74, 6) is 0. The molecule has 0 aliphatic rings. The van der Waals surface area contributed by atoms with Gasteiger partial charge in [-0.25, -0.2) is 0 Å². The van der Waals surface area contributed by atoms with Gasteiger partial charge in [-0.2, -0.15) is 0 Å². The molecule has 23 heavy (non-hydrogen) atoms. The van der Waals surface area contributed by atoms with E-state index in [1.165, 1.54) is 16.7 Å². The molecule has 0 aromatic heterocycles. The average molecular weight is 312 g/mol. The van der Waals surface area contributed by atoms with Crippen molar-refractivity contribution in [3.05, 3.63) is 59.2 Å². The molecular formula is C20H28N2O. The van der Waals surface area contributed by atoms with Gasteiger partial charge in [-0.1, -0.05) is 30.3 Å². The van der Waals surface area contributed by atoms with E-state index in [1.807, 2.05) is 12.1 Å². The molecule has 3 heteroatoms. The standard InChI is InChI=1S/C20H28N2O/c1-14(2)23-18(12-17-8-6-5-7-9-17)13-22-20-11-16(4)15(3)10-19(20)21/h5-11,14,18,22H,12-13,21H2,1-4H3. The predicted octanol–water partition coefficient (Wildman–Crippen LogP) is 4.33. The zero-order valence-electron chi connectivity index (χ0n) is 14.6. The van der Waals surface area contributed by atoms with Gasteiger partial charge in [0.25, 0.3) is 0 Å². The number of hydrogen-bond acceptors (Lipinski definition) is 3. The molecule has 0 amide bonds. The lowest BCUT2D eigenvalue weighted by molar-refractivity contribution is 0.0161. The Hall–Kier alpha value is -2.00. The summed E-state index contributed by atoms with van der Waals surface area (Å²) in [6.45, 7) is 9.06. The molecule has 0 saturated heterocycles. The van der Waals surface area contributed by atoms with Crippen LogP contribution in [-0.4, -0.2) is 18.8 Å². The highest BCUT2D eigenvalue weighted by Gasteiger charge is 2.13. The zero-order chi connectivity index (χ0) is 16.8. The maximum Gasteiger partial charge on any atom is 0.0791 e. The first-order valence-electron chi connectivity index (χ1n) is 8.25. The van der Waals surface area contributed by atoms with Gasteiger partial charge in [0.05, 0.1) is 23.6 Å². The number of ether oxygens (including phenoxy) is 1. The third-order valence-corrected chi connectivity index (χ3v) is 3.96. The van der Waals surface area contributed by atoms with Crippen molar-refractivity contribution >= 4 is 11.4 Å². The molecule has 0 aliphatic heterocycles. The topological polar surface area (TPSA) is 47.3 Å². The molecule has 3 nitrogen and oxygen atoms in total. The van der Waals surface area contributed by atoms with Crippen molar-refractivity contribution in [3.8, 4) is 0 Å². The van der Waals surface area contributed by atoms with Gasteiger partial charge in [0.2, 0.25) is 0 Å². The molecule has 0 heterocycles. The van der Waals surface area contributed by atoms with Crippen LogP contribution < -0.4 is 11.1 Å². The Morgan fingerprint density at radius 2 is 1.70 bits per heavy atom. The van der Waals surface area contributed by atoms with Crippen LogP contribution in [0.15, 0.2) is 42.5 Å². The maximum atomic E-state index is 6.13. The van der Waals surface area contributed by atoms with Crippen LogP contribution in [0, 0.1) is 13.8 Å². The number of hydrogen-bond donors (Lipinski definition) is 2. The van der Waals surface area contributed by atoms with Crippen LogP contribution in [0.25, 0.3) is 0 Å². The van der Waals surface area contributed by atoms with E-state index in [9.17, 15) is 0 Å². The van der Waals surface area contributed by atoms with Gasteiger partial charge in [-0.15, -0.1) is 0 Å². The van der Waals surface area contributed by atoms with Crippen LogP contribution in [0.2, 0.25) is 0 Å². The summed E-state index contributed by atoms with van der Waals surface area (Å²) in [4.78, 5) is 0. The molecule has 1 unspecified atom stereocenters. The lowest BCUT2D eigenvalue weighted by Gasteiger charge is -2.22. The molecule has 0 fully saturated rings. The summed E-state index contributed by atoms with van der Waals surface area (Å²) >= 11 is 0. The third kappa shape index (κ3) is 5.29. The molecule has 0 spiro atoms. The first kappa shape index (κ1) is 17.4. The Morgan fingerprint density at radius 1 is 1.04 bits per heavy atom. The molecule has 3 N–H and O–H groups in total. The lowest BCUT2D eigenvalue weighted by Crippen LogP contribution is -2.28. The Bertz CT molecular complexity index is 623. The SMILES string of the molecule is Cc1cc(N)c(NCC(Cc2ccccc2)OC(C)C)cc1C. The summed E-state index contributed by atoms with van der Waals surface area (Å²) in [5.41, 5.74) is 11.6. The second kappa shape index (κ2) is 8.02. The molecule has 0 aliphatic carbocycles. The van der Waals surface area contributed by atoms with E-state index in [4.69, 9.17) is 10.5 Å². The van der Waals surface area contributed by atoms with Crippen molar-refractivity contribution in [2.24, 2.45) is 0 Å². The van der Waals surface area contributed by atoms with E-state index in [0.29, 0.717) is 0 Å². The van der Waals surface area contributed by atoms with Crippen LogP contribution in [-0.2, 0) is 11.2 Å². The molecular weight excluding hydrogens is 284 g/mol. The van der Waals surface area contributed by atoms with E-state index in [0.717, 1.165) is 24.3 Å². The van der Waals surface area contributed by atoms with Gasteiger partial charge >= 0.3 is 0 Å². The Labute approximate surface area is 139 Å². The van der Waals surface area contributed by atoms with Gasteiger partial charge in [0.1, 0.15) is 0 Å². The monoisotopic (exact) mass is 312 g/mol. The first-order valence-corrected chi connectivity index (χ1v) is 8.25. The number of nitrogens with one attached hydrogen (secondary N) is 1. The molecule has 2 aromatic carbocycles. The highest BCUT2D eigenvalue weighted by Crippen LogP contribution is 2.23. The number of rotatable bonds is 7. The fraction of sp³-hybridized carbons (Fsp3) is 0.400. The molecule has 0 saturated carbocycles. The summed E-state index contributed by atoms with van der Waals surface area (Å²) in [7, 11) is 0. The van der Waals surface area contributed by atoms with Gasteiger partial charge in [0.15, 0.2) is 0 Å². The molecule has 0 radical (unpaired) electrons. The highest BCUT2D eigenvalue weighted by atomic mass is 16.5. The van der Waals surface area contributed by atoms with Crippen molar-refractivity contribution in [2.45, 2.75) is 46.3 Å². The Kier molecular flexibility index (Phi) is 6.05. The second-order valence-electron chi connectivity index (χ2n) is 6.40. The first-order chi connectivity index (χ1) is 11.0. The summed E-state index contributed by atoms with van der Waals surface area (Å²) < 4.78 is 6.07. The number of aryl methyl sites for hydroxylation is 2. The second-order valence-corrected chi connectivity index (χ2v) is 6.40. The van der Waals surface area contributed by atoms with Crippen molar-refractivity contribution in [1.82, 2.24) is 0 Å². The van der Waals surface area contributed by atoms with Crippen molar-refractivity contribution in [3.63, 3.8) is 0 Å². The normalized spacial score (nSPS) is 12.4.